The SMILES string of the molecule is Cc1c[nH+]ccc1N(C)C. The highest BCUT2D eigenvalue weighted by molar-refractivity contribution is 5.48. The Bertz CT molecular complexity index is 218. The van der Waals surface area contributed by atoms with Gasteiger partial charge in [0.2, 0.25) is 0 Å². The Morgan fingerprint density at radius 3 is 2.50 bits per heavy atom. The van der Waals surface area contributed by atoms with Crippen LogP contribution in [-0.4, -0.2) is 14.1 Å². The van der Waals surface area contributed by atoms with Gasteiger partial charge in [0.15, 0.2) is 12.4 Å². The van der Waals surface area contributed by atoms with Crippen LogP contribution in [0.1, 0.15) is 5.56 Å². The van der Waals surface area contributed by atoms with E-state index in [9.17, 15) is 0 Å². The molecule has 0 bridgehead atoms. The molecule has 0 radical (unpaired) electrons. The number of anilines is 1. The topological polar surface area (TPSA) is 17.4 Å². The maximum absolute atomic E-state index is 3.03. The van der Waals surface area contributed by atoms with Crippen LogP contribution in [0.3, 0.4) is 0 Å². The number of aromatic nitrogens is 1. The number of nitrogens with zero attached hydrogens (tertiary/aromatic N) is 1. The zero-order valence-electron chi connectivity index (χ0n) is 6.68. The number of pyridine rings is 1. The molecule has 2 nitrogen and oxygen atoms in total. The van der Waals surface area contributed by atoms with Crippen LogP contribution in [0.4, 0.5) is 5.69 Å². The third-order valence-electron chi connectivity index (χ3n) is 1.52. The van der Waals surface area contributed by atoms with Gasteiger partial charge >= 0.3 is 0 Å². The van der Waals surface area contributed by atoms with Crippen LogP contribution in [0, 0.1) is 6.92 Å². The Morgan fingerprint density at radius 1 is 1.40 bits per heavy atom. The minimum absolute atomic E-state index is 1.26. The largest absolute Gasteiger partial charge is 0.377 e. The van der Waals surface area contributed by atoms with Crippen LogP contribution >= 0.6 is 0 Å². The first-order valence-corrected chi connectivity index (χ1v) is 3.36. The molecule has 2 heteroatoms. The molecular weight excluding hydrogens is 124 g/mol. The molecule has 10 heavy (non-hydrogen) atoms. The third kappa shape index (κ3) is 1.26. The second-order valence-corrected chi connectivity index (χ2v) is 2.61. The Kier molecular flexibility index (Phi) is 1.90. The molecule has 0 saturated heterocycles. The fraction of sp³-hybridized carbons (Fsp3) is 0.375. The van der Waals surface area contributed by atoms with Gasteiger partial charge in [0.05, 0.1) is 5.69 Å². The number of hydrogen-bond acceptors (Lipinski definition) is 1. The summed E-state index contributed by atoms with van der Waals surface area (Å²) in [6.45, 7) is 2.09. The molecule has 0 aliphatic heterocycles. The Morgan fingerprint density at radius 2 is 2.10 bits per heavy atom. The van der Waals surface area contributed by atoms with Crippen molar-refractivity contribution in [3.63, 3.8) is 0 Å². The van der Waals surface area contributed by atoms with Crippen molar-refractivity contribution in [3.05, 3.63) is 24.0 Å². The number of aromatic amines is 1. The summed E-state index contributed by atoms with van der Waals surface area (Å²) in [5, 5.41) is 0. The zero-order valence-corrected chi connectivity index (χ0v) is 6.68. The standard InChI is InChI=1S/C8H12N2/c1-7-6-9-5-4-8(7)10(2)3/h4-6H,1-3H3/p+1. The molecule has 0 amide bonds. The highest BCUT2D eigenvalue weighted by atomic mass is 15.1. The molecule has 0 atom stereocenters. The van der Waals surface area contributed by atoms with Crippen molar-refractivity contribution in [1.29, 1.82) is 0 Å². The summed E-state index contributed by atoms with van der Waals surface area (Å²) >= 11 is 0. The molecule has 0 fully saturated rings. The lowest BCUT2D eigenvalue weighted by Crippen LogP contribution is -2.12. The van der Waals surface area contributed by atoms with E-state index in [2.05, 4.69) is 22.9 Å². The second-order valence-electron chi connectivity index (χ2n) is 2.61. The second kappa shape index (κ2) is 2.69. The van der Waals surface area contributed by atoms with Gasteiger partial charge in [0.25, 0.3) is 0 Å². The quantitative estimate of drug-likeness (QED) is 0.561. The Labute approximate surface area is 61.5 Å². The van der Waals surface area contributed by atoms with Crippen LogP contribution < -0.4 is 9.88 Å². The monoisotopic (exact) mass is 137 g/mol. The summed E-state index contributed by atoms with van der Waals surface area (Å²) in [4.78, 5) is 5.13. The highest BCUT2D eigenvalue weighted by Gasteiger charge is 1.99. The van der Waals surface area contributed by atoms with Crippen molar-refractivity contribution < 1.29 is 4.98 Å². The van der Waals surface area contributed by atoms with E-state index in [0.717, 1.165) is 0 Å². The van der Waals surface area contributed by atoms with E-state index in [-0.39, 0.29) is 0 Å². The Hall–Kier alpha value is -1.05. The van der Waals surface area contributed by atoms with E-state index in [1.54, 1.807) is 0 Å². The average molecular weight is 137 g/mol. The van der Waals surface area contributed by atoms with Gasteiger partial charge in [-0.2, -0.15) is 0 Å². The number of H-pyrrole nitrogens is 1. The molecule has 0 aliphatic carbocycles. The van der Waals surface area contributed by atoms with Crippen molar-refractivity contribution in [2.75, 3.05) is 19.0 Å². The first-order valence-electron chi connectivity index (χ1n) is 3.36. The summed E-state index contributed by atoms with van der Waals surface area (Å²) in [6, 6.07) is 2.06. The van der Waals surface area contributed by atoms with E-state index in [0.29, 0.717) is 0 Å². The summed E-state index contributed by atoms with van der Waals surface area (Å²) in [7, 11) is 4.09. The molecule has 0 aromatic carbocycles. The summed E-state index contributed by atoms with van der Waals surface area (Å²) in [6.07, 6.45) is 3.93. The van der Waals surface area contributed by atoms with Gasteiger partial charge < -0.3 is 4.90 Å². The maximum atomic E-state index is 3.03. The predicted molar refractivity (Wildman–Crippen MR) is 42.1 cm³/mol. The maximum Gasteiger partial charge on any atom is 0.171 e. The highest BCUT2D eigenvalue weighted by Crippen LogP contribution is 2.12. The Balaban J connectivity index is 3.03. The van der Waals surface area contributed by atoms with Gasteiger partial charge in [0.1, 0.15) is 0 Å². The van der Waals surface area contributed by atoms with Crippen LogP contribution in [-0.2, 0) is 0 Å². The molecule has 1 aromatic heterocycles. The minimum Gasteiger partial charge on any atom is -0.377 e. The number of rotatable bonds is 1. The van der Waals surface area contributed by atoms with Crippen molar-refractivity contribution in [3.8, 4) is 0 Å². The molecule has 1 rings (SSSR count). The molecule has 0 saturated carbocycles. The van der Waals surface area contributed by atoms with Gasteiger partial charge in [-0.25, -0.2) is 4.98 Å². The normalized spacial score (nSPS) is 9.50. The smallest absolute Gasteiger partial charge is 0.171 e. The van der Waals surface area contributed by atoms with E-state index in [1.165, 1.54) is 11.3 Å². The number of hydrogen-bond donors (Lipinski definition) is 0. The molecule has 0 spiro atoms. The van der Waals surface area contributed by atoms with Gasteiger partial charge in [-0.3, -0.25) is 0 Å². The van der Waals surface area contributed by atoms with E-state index in [1.807, 2.05) is 26.5 Å². The van der Waals surface area contributed by atoms with Gasteiger partial charge in [-0.15, -0.1) is 0 Å². The molecule has 54 valence electrons. The molecule has 1 N–H and O–H groups in total. The van der Waals surface area contributed by atoms with Crippen molar-refractivity contribution in [1.82, 2.24) is 0 Å². The first kappa shape index (κ1) is 7.06. The van der Waals surface area contributed by atoms with Crippen molar-refractivity contribution >= 4 is 5.69 Å². The van der Waals surface area contributed by atoms with Gasteiger partial charge in [0, 0.05) is 25.7 Å². The fourth-order valence-corrected chi connectivity index (χ4v) is 1.01. The summed E-state index contributed by atoms with van der Waals surface area (Å²) in [5.74, 6) is 0. The summed E-state index contributed by atoms with van der Waals surface area (Å²) in [5.41, 5.74) is 2.53. The van der Waals surface area contributed by atoms with Gasteiger partial charge in [-0.05, 0) is 6.92 Å². The predicted octanol–water partition coefficient (Wildman–Crippen LogP) is 0.875. The van der Waals surface area contributed by atoms with E-state index in [4.69, 9.17) is 0 Å². The van der Waals surface area contributed by atoms with Crippen LogP contribution in [0.5, 0.6) is 0 Å². The van der Waals surface area contributed by atoms with Crippen LogP contribution in [0.15, 0.2) is 18.5 Å². The minimum atomic E-state index is 1.26. The lowest BCUT2D eigenvalue weighted by Gasteiger charge is -2.12. The zero-order chi connectivity index (χ0) is 7.56. The van der Waals surface area contributed by atoms with Gasteiger partial charge in [-0.1, -0.05) is 0 Å². The molecule has 0 unspecified atom stereocenters. The average Bonchev–Trinajstić information content (AvgIpc) is 1.88. The van der Waals surface area contributed by atoms with Crippen LogP contribution in [0.2, 0.25) is 0 Å². The van der Waals surface area contributed by atoms with E-state index >= 15 is 0 Å². The lowest BCUT2D eigenvalue weighted by atomic mass is 10.2. The third-order valence-corrected chi connectivity index (χ3v) is 1.52. The lowest BCUT2D eigenvalue weighted by molar-refractivity contribution is -0.378. The van der Waals surface area contributed by atoms with Crippen molar-refractivity contribution in [2.24, 2.45) is 0 Å². The van der Waals surface area contributed by atoms with Crippen molar-refractivity contribution in [2.45, 2.75) is 6.92 Å². The summed E-state index contributed by atoms with van der Waals surface area (Å²) < 4.78 is 0. The number of nitrogens with one attached hydrogen (secondary N) is 1. The molecular formula is C8H13N2+. The number of aryl methyl sites for hydroxylation is 1. The molecule has 0 aliphatic rings. The molecule has 1 heterocycles. The molecule has 1 aromatic rings. The first-order chi connectivity index (χ1) is 4.72. The van der Waals surface area contributed by atoms with E-state index < -0.39 is 0 Å². The fourth-order valence-electron chi connectivity index (χ4n) is 1.01. The van der Waals surface area contributed by atoms with Crippen LogP contribution in [0.25, 0.3) is 0 Å².